The number of para-hydroxylation sites is 1. The summed E-state index contributed by atoms with van der Waals surface area (Å²) < 4.78 is 12.4. The molecule has 8 nitrogen and oxygen atoms in total. The number of hydrogen-bond donors (Lipinski definition) is 2. The molecule has 0 unspecified atom stereocenters. The van der Waals surface area contributed by atoms with Gasteiger partial charge in [-0.2, -0.15) is 0 Å². The first-order valence-electron chi connectivity index (χ1n) is 15.7. The van der Waals surface area contributed by atoms with Crippen molar-refractivity contribution in [2.45, 2.75) is 62.3 Å². The number of anilines is 1. The largest absolute Gasteiger partial charge is 0.457 e. The van der Waals surface area contributed by atoms with Crippen molar-refractivity contribution in [1.29, 1.82) is 0 Å². The zero-order valence-corrected chi connectivity index (χ0v) is 24.6. The van der Waals surface area contributed by atoms with Crippen molar-refractivity contribution in [1.82, 2.24) is 10.2 Å². The molecule has 226 valence electrons. The first-order chi connectivity index (χ1) is 21.5. The van der Waals surface area contributed by atoms with E-state index in [1.54, 1.807) is 29.2 Å². The van der Waals surface area contributed by atoms with Gasteiger partial charge in [-0.25, -0.2) is 0 Å². The lowest BCUT2D eigenvalue weighted by Crippen LogP contribution is -2.56. The molecule has 1 saturated carbocycles. The monoisotopic (exact) mass is 591 g/mol. The number of carbonyl (C=O) groups is 3. The van der Waals surface area contributed by atoms with E-state index in [0.717, 1.165) is 37.0 Å². The lowest BCUT2D eigenvalue weighted by molar-refractivity contribution is -0.141. The predicted molar refractivity (Wildman–Crippen MR) is 166 cm³/mol. The van der Waals surface area contributed by atoms with Gasteiger partial charge >= 0.3 is 0 Å². The van der Waals surface area contributed by atoms with Gasteiger partial charge in [0, 0.05) is 18.3 Å². The number of likely N-dealkylation sites (tertiary alicyclic amines) is 1. The van der Waals surface area contributed by atoms with Gasteiger partial charge in [-0.05, 0) is 61.2 Å². The zero-order valence-electron chi connectivity index (χ0n) is 24.6. The first-order valence-corrected chi connectivity index (χ1v) is 15.7. The second-order valence-corrected chi connectivity index (χ2v) is 12.2. The predicted octanol–water partition coefficient (Wildman–Crippen LogP) is 5.26. The summed E-state index contributed by atoms with van der Waals surface area (Å²) in [4.78, 5) is 43.7. The summed E-state index contributed by atoms with van der Waals surface area (Å²) in [5.74, 6) is -0.863. The van der Waals surface area contributed by atoms with E-state index in [1.807, 2.05) is 72.8 Å². The van der Waals surface area contributed by atoms with Crippen molar-refractivity contribution >= 4 is 23.4 Å². The maximum absolute atomic E-state index is 14.2. The summed E-state index contributed by atoms with van der Waals surface area (Å²) >= 11 is 0. The molecule has 3 aromatic rings. The van der Waals surface area contributed by atoms with Crippen molar-refractivity contribution in [2.24, 2.45) is 11.8 Å². The molecule has 2 bridgehead atoms. The normalized spacial score (nSPS) is 27.3. The van der Waals surface area contributed by atoms with Crippen LogP contribution in [0.2, 0.25) is 0 Å². The Kier molecular flexibility index (Phi) is 7.68. The Morgan fingerprint density at radius 3 is 2.27 bits per heavy atom. The second-order valence-electron chi connectivity index (χ2n) is 12.2. The standard InChI is InChI=1S/C36H37N3O5/c40-33(37-26-16-18-28(19-17-26)43-27-14-8-3-9-15-27)30-29-20-22-36(44-29)31(30)35(42)39(23-21-24-10-4-1-5-11-24)32(36)34(41)38-25-12-6-2-7-13-25/h1,3-5,8-11,14-20,22,25,29-32H,2,6-7,12-13,21,23H2,(H,37,40)(H,38,41)/t29-,30+,31-,32-,36-/m1/s1. The lowest BCUT2D eigenvalue weighted by atomic mass is 9.74. The zero-order chi connectivity index (χ0) is 30.1. The van der Waals surface area contributed by atoms with Gasteiger partial charge in [-0.3, -0.25) is 14.4 Å². The fraction of sp³-hybridized carbons (Fsp3) is 0.361. The van der Waals surface area contributed by atoms with E-state index in [2.05, 4.69) is 10.6 Å². The van der Waals surface area contributed by atoms with Crippen LogP contribution in [0.25, 0.3) is 0 Å². The Bertz CT molecular complexity index is 1540. The van der Waals surface area contributed by atoms with Crippen LogP contribution in [0, 0.1) is 11.8 Å². The minimum atomic E-state index is -1.17. The summed E-state index contributed by atoms with van der Waals surface area (Å²) in [6.07, 6.45) is 8.96. The summed E-state index contributed by atoms with van der Waals surface area (Å²) in [5, 5.41) is 6.24. The molecule has 7 rings (SSSR count). The molecule has 3 aromatic carbocycles. The smallest absolute Gasteiger partial charge is 0.246 e. The highest BCUT2D eigenvalue weighted by Gasteiger charge is 2.72. The van der Waals surface area contributed by atoms with Crippen LogP contribution in [0.5, 0.6) is 11.5 Å². The van der Waals surface area contributed by atoms with Crippen molar-refractivity contribution in [2.75, 3.05) is 11.9 Å². The minimum absolute atomic E-state index is 0.0910. The van der Waals surface area contributed by atoms with Crippen LogP contribution in [0.15, 0.2) is 97.1 Å². The fourth-order valence-corrected chi connectivity index (χ4v) is 7.39. The van der Waals surface area contributed by atoms with Gasteiger partial charge in [0.25, 0.3) is 0 Å². The van der Waals surface area contributed by atoms with E-state index in [9.17, 15) is 14.4 Å². The Morgan fingerprint density at radius 1 is 0.864 bits per heavy atom. The van der Waals surface area contributed by atoms with Gasteiger partial charge in [0.15, 0.2) is 0 Å². The highest BCUT2D eigenvalue weighted by atomic mass is 16.5. The molecular weight excluding hydrogens is 554 g/mol. The van der Waals surface area contributed by atoms with Crippen LogP contribution in [0.1, 0.15) is 37.7 Å². The Morgan fingerprint density at radius 2 is 1.55 bits per heavy atom. The van der Waals surface area contributed by atoms with Crippen LogP contribution in [-0.2, 0) is 25.5 Å². The third-order valence-electron chi connectivity index (χ3n) is 9.46. The summed E-state index contributed by atoms with van der Waals surface area (Å²) in [5.41, 5.74) is 0.497. The Hall–Kier alpha value is -4.43. The number of amides is 3. The van der Waals surface area contributed by atoms with Gasteiger partial charge in [0.1, 0.15) is 23.1 Å². The summed E-state index contributed by atoms with van der Waals surface area (Å²) in [6.45, 7) is 0.364. The average molecular weight is 592 g/mol. The maximum Gasteiger partial charge on any atom is 0.246 e. The molecule has 4 aliphatic rings. The van der Waals surface area contributed by atoms with Gasteiger partial charge < -0.3 is 25.0 Å². The topological polar surface area (TPSA) is 97.0 Å². The molecule has 2 N–H and O–H groups in total. The fourth-order valence-electron chi connectivity index (χ4n) is 7.39. The number of nitrogens with one attached hydrogen (secondary N) is 2. The lowest BCUT2D eigenvalue weighted by Gasteiger charge is -2.34. The van der Waals surface area contributed by atoms with Crippen molar-refractivity contribution < 1.29 is 23.9 Å². The Labute approximate surface area is 257 Å². The first kappa shape index (κ1) is 28.3. The van der Waals surface area contributed by atoms with E-state index in [4.69, 9.17) is 9.47 Å². The quantitative estimate of drug-likeness (QED) is 0.331. The molecule has 3 heterocycles. The van der Waals surface area contributed by atoms with Gasteiger partial charge in [0.05, 0.1) is 17.9 Å². The van der Waals surface area contributed by atoms with E-state index in [-0.39, 0.29) is 23.8 Å². The van der Waals surface area contributed by atoms with Crippen LogP contribution in [-0.4, -0.2) is 53.0 Å². The number of nitrogens with zero attached hydrogens (tertiary/aromatic N) is 1. The third-order valence-corrected chi connectivity index (χ3v) is 9.46. The number of benzene rings is 3. The molecule has 44 heavy (non-hydrogen) atoms. The maximum atomic E-state index is 14.2. The minimum Gasteiger partial charge on any atom is -0.457 e. The van der Waals surface area contributed by atoms with E-state index in [1.165, 1.54) is 6.42 Å². The summed E-state index contributed by atoms with van der Waals surface area (Å²) in [7, 11) is 0. The van der Waals surface area contributed by atoms with Crippen molar-refractivity contribution in [3.8, 4) is 11.5 Å². The molecule has 2 saturated heterocycles. The molecule has 1 spiro atoms. The van der Waals surface area contributed by atoms with E-state index < -0.39 is 29.6 Å². The molecular formula is C36H37N3O5. The van der Waals surface area contributed by atoms with Crippen molar-refractivity contribution in [3.05, 3.63) is 103 Å². The molecule has 3 amide bonds. The Balaban J connectivity index is 1.11. The van der Waals surface area contributed by atoms with E-state index >= 15 is 0 Å². The molecule has 8 heteroatoms. The number of carbonyl (C=O) groups excluding carboxylic acids is 3. The van der Waals surface area contributed by atoms with Gasteiger partial charge in [0.2, 0.25) is 17.7 Å². The second kappa shape index (κ2) is 11.9. The highest BCUT2D eigenvalue weighted by Crippen LogP contribution is 2.55. The SMILES string of the molecule is O=C(Nc1ccc(Oc2ccccc2)cc1)[C@H]1[C@H]2C=C[C@@]3(O2)[C@H]1C(=O)N(CCc1ccccc1)[C@@H]3C(=O)NC1CCCCC1. The number of fused-ring (bicyclic) bond motifs is 1. The van der Waals surface area contributed by atoms with Gasteiger partial charge in [-0.15, -0.1) is 0 Å². The van der Waals surface area contributed by atoms with Crippen LogP contribution < -0.4 is 15.4 Å². The van der Waals surface area contributed by atoms with Crippen LogP contribution >= 0.6 is 0 Å². The molecule has 5 atom stereocenters. The molecule has 3 fully saturated rings. The summed E-state index contributed by atoms with van der Waals surface area (Å²) in [6, 6.07) is 25.8. The van der Waals surface area contributed by atoms with Crippen LogP contribution in [0.3, 0.4) is 0 Å². The van der Waals surface area contributed by atoms with E-state index in [0.29, 0.717) is 24.4 Å². The molecule has 1 aliphatic carbocycles. The third kappa shape index (κ3) is 5.28. The molecule has 0 aromatic heterocycles. The highest BCUT2D eigenvalue weighted by molar-refractivity contribution is 6.02. The number of rotatable bonds is 9. The number of ether oxygens (including phenoxy) is 2. The average Bonchev–Trinajstić information content (AvgIpc) is 3.69. The molecule has 3 aliphatic heterocycles. The van der Waals surface area contributed by atoms with Crippen molar-refractivity contribution in [3.63, 3.8) is 0 Å². The molecule has 0 radical (unpaired) electrons. The number of hydrogen-bond acceptors (Lipinski definition) is 5. The van der Waals surface area contributed by atoms with Crippen LogP contribution in [0.4, 0.5) is 5.69 Å². The van der Waals surface area contributed by atoms with Gasteiger partial charge in [-0.1, -0.05) is 79.9 Å².